The predicted octanol–water partition coefficient (Wildman–Crippen LogP) is 5.51. The number of fused-ring (bicyclic) bond motifs is 1. The summed E-state index contributed by atoms with van der Waals surface area (Å²) in [4.78, 5) is 17.0. The number of para-hydroxylation sites is 2. The summed E-state index contributed by atoms with van der Waals surface area (Å²) in [6, 6.07) is 21.3. The van der Waals surface area contributed by atoms with Crippen LogP contribution in [0, 0.1) is 13.8 Å². The van der Waals surface area contributed by atoms with E-state index in [1.54, 1.807) is 24.3 Å². The molecule has 0 atom stereocenters. The van der Waals surface area contributed by atoms with Crippen molar-refractivity contribution in [1.82, 2.24) is 14.9 Å². The topological polar surface area (TPSA) is 65.4 Å². The Morgan fingerprint density at radius 1 is 1.03 bits per heavy atom. The van der Waals surface area contributed by atoms with E-state index in [1.807, 2.05) is 24.3 Å². The van der Waals surface area contributed by atoms with Gasteiger partial charge in [-0.25, -0.2) is 4.98 Å². The number of hydrogen-bond donors (Lipinski definition) is 1. The third-order valence-electron chi connectivity index (χ3n) is 5.70. The molecule has 182 valence electrons. The van der Waals surface area contributed by atoms with Crippen molar-refractivity contribution in [1.29, 1.82) is 0 Å². The zero-order valence-corrected chi connectivity index (χ0v) is 20.8. The number of nitrogens with one attached hydrogen (secondary N) is 1. The summed E-state index contributed by atoms with van der Waals surface area (Å²) in [5.74, 6) is 2.30. The largest absolute Gasteiger partial charge is 0.493 e. The van der Waals surface area contributed by atoms with Crippen LogP contribution in [0.3, 0.4) is 0 Å². The van der Waals surface area contributed by atoms with Crippen LogP contribution in [0.4, 0.5) is 0 Å². The standard InChI is InChI=1S/C28H30ClN3O3/c1-20-8-13-26(21(2)18-20)34-17-5-16-32-25-7-4-3-6-24(25)31-27(32)14-15-30-28(33)19-35-23-11-9-22(29)10-12-23/h3-4,6-13,18H,5,14-17,19H2,1-2H3,(H,30,33). The number of carbonyl (C=O) groups excluding carboxylic acids is 1. The smallest absolute Gasteiger partial charge is 0.257 e. The second-order valence-corrected chi connectivity index (χ2v) is 8.92. The number of benzene rings is 3. The van der Waals surface area contributed by atoms with E-state index in [2.05, 4.69) is 41.9 Å². The van der Waals surface area contributed by atoms with Crippen LogP contribution in [-0.2, 0) is 17.8 Å². The minimum Gasteiger partial charge on any atom is -0.493 e. The molecule has 7 heteroatoms. The summed E-state index contributed by atoms with van der Waals surface area (Å²) in [7, 11) is 0. The number of carbonyl (C=O) groups is 1. The maximum absolute atomic E-state index is 12.2. The first-order valence-electron chi connectivity index (χ1n) is 11.8. The summed E-state index contributed by atoms with van der Waals surface area (Å²) < 4.78 is 13.7. The first-order valence-corrected chi connectivity index (χ1v) is 12.2. The minimum atomic E-state index is -0.176. The van der Waals surface area contributed by atoms with Crippen molar-refractivity contribution in [3.05, 3.63) is 88.7 Å². The van der Waals surface area contributed by atoms with Gasteiger partial charge >= 0.3 is 0 Å². The molecule has 0 spiro atoms. The van der Waals surface area contributed by atoms with Crippen LogP contribution < -0.4 is 14.8 Å². The van der Waals surface area contributed by atoms with Crippen molar-refractivity contribution in [3.63, 3.8) is 0 Å². The Hall–Kier alpha value is -3.51. The molecule has 35 heavy (non-hydrogen) atoms. The lowest BCUT2D eigenvalue weighted by molar-refractivity contribution is -0.123. The van der Waals surface area contributed by atoms with E-state index in [0.29, 0.717) is 30.3 Å². The van der Waals surface area contributed by atoms with Gasteiger partial charge in [0, 0.05) is 24.5 Å². The van der Waals surface area contributed by atoms with Crippen LogP contribution >= 0.6 is 11.6 Å². The molecule has 4 rings (SSSR count). The number of hydrogen-bond acceptors (Lipinski definition) is 4. The van der Waals surface area contributed by atoms with Crippen LogP contribution in [0.5, 0.6) is 11.5 Å². The van der Waals surface area contributed by atoms with Crippen molar-refractivity contribution >= 4 is 28.5 Å². The number of ether oxygens (including phenoxy) is 2. The first kappa shape index (κ1) is 24.6. The quantitative estimate of drug-likeness (QED) is 0.281. The van der Waals surface area contributed by atoms with Gasteiger partial charge in [-0.1, -0.05) is 41.4 Å². The molecule has 0 aliphatic carbocycles. The molecule has 1 N–H and O–H groups in total. The molecule has 0 bridgehead atoms. The van der Waals surface area contributed by atoms with Crippen LogP contribution in [0.25, 0.3) is 11.0 Å². The van der Waals surface area contributed by atoms with Crippen LogP contribution in [0.2, 0.25) is 5.02 Å². The fraction of sp³-hybridized carbons (Fsp3) is 0.286. The molecule has 1 amide bonds. The molecule has 0 aliphatic heterocycles. The molecule has 0 aliphatic rings. The van der Waals surface area contributed by atoms with Crippen molar-refractivity contribution in [2.45, 2.75) is 33.2 Å². The molecule has 6 nitrogen and oxygen atoms in total. The van der Waals surface area contributed by atoms with E-state index in [-0.39, 0.29) is 12.5 Å². The average molecular weight is 492 g/mol. The zero-order valence-electron chi connectivity index (χ0n) is 20.1. The molecule has 0 radical (unpaired) electrons. The van der Waals surface area contributed by atoms with Gasteiger partial charge in [-0.3, -0.25) is 4.79 Å². The summed E-state index contributed by atoms with van der Waals surface area (Å²) in [6.45, 7) is 5.98. The third-order valence-corrected chi connectivity index (χ3v) is 5.95. The minimum absolute atomic E-state index is 0.0478. The molecule has 0 saturated carbocycles. The highest BCUT2D eigenvalue weighted by Crippen LogP contribution is 2.20. The van der Waals surface area contributed by atoms with Gasteiger partial charge in [0.15, 0.2) is 6.61 Å². The highest BCUT2D eigenvalue weighted by molar-refractivity contribution is 6.30. The van der Waals surface area contributed by atoms with Gasteiger partial charge in [0.1, 0.15) is 17.3 Å². The van der Waals surface area contributed by atoms with E-state index in [9.17, 15) is 4.79 Å². The van der Waals surface area contributed by atoms with Crippen molar-refractivity contribution in [2.24, 2.45) is 0 Å². The number of amides is 1. The van der Waals surface area contributed by atoms with Gasteiger partial charge in [0.05, 0.1) is 17.6 Å². The van der Waals surface area contributed by atoms with E-state index in [1.165, 1.54) is 5.56 Å². The molecule has 0 unspecified atom stereocenters. The SMILES string of the molecule is Cc1ccc(OCCCn2c(CCNC(=O)COc3ccc(Cl)cc3)nc3ccccc32)c(C)c1. The van der Waals surface area contributed by atoms with E-state index in [4.69, 9.17) is 26.1 Å². The van der Waals surface area contributed by atoms with Crippen LogP contribution in [0.15, 0.2) is 66.7 Å². The Labute approximate surface area is 210 Å². The fourth-order valence-electron chi connectivity index (χ4n) is 3.98. The lowest BCUT2D eigenvalue weighted by atomic mass is 10.1. The molecule has 0 fully saturated rings. The number of halogens is 1. The maximum atomic E-state index is 12.2. The number of rotatable bonds is 11. The lowest BCUT2D eigenvalue weighted by Crippen LogP contribution is -2.31. The number of aromatic nitrogens is 2. The van der Waals surface area contributed by atoms with Gasteiger partial charge in [0.2, 0.25) is 0 Å². The fourth-order valence-corrected chi connectivity index (χ4v) is 4.10. The summed E-state index contributed by atoms with van der Waals surface area (Å²) in [5, 5.41) is 3.54. The Bertz CT molecular complexity index is 1280. The van der Waals surface area contributed by atoms with Crippen molar-refractivity contribution in [3.8, 4) is 11.5 Å². The van der Waals surface area contributed by atoms with Gasteiger partial charge in [-0.15, -0.1) is 0 Å². The second kappa shape index (κ2) is 11.8. The molecule has 3 aromatic carbocycles. The maximum Gasteiger partial charge on any atom is 0.257 e. The monoisotopic (exact) mass is 491 g/mol. The average Bonchev–Trinajstić information content (AvgIpc) is 3.20. The summed E-state index contributed by atoms with van der Waals surface area (Å²) >= 11 is 5.87. The van der Waals surface area contributed by atoms with Crippen molar-refractivity contribution in [2.75, 3.05) is 19.8 Å². The molecule has 0 saturated heterocycles. The van der Waals surface area contributed by atoms with Gasteiger partial charge in [0.25, 0.3) is 5.91 Å². The van der Waals surface area contributed by atoms with E-state index >= 15 is 0 Å². The molecule has 1 heterocycles. The van der Waals surface area contributed by atoms with E-state index in [0.717, 1.165) is 41.1 Å². The number of imidazole rings is 1. The molecule has 4 aromatic rings. The Morgan fingerprint density at radius 3 is 2.63 bits per heavy atom. The highest BCUT2D eigenvalue weighted by Gasteiger charge is 2.11. The highest BCUT2D eigenvalue weighted by atomic mass is 35.5. The summed E-state index contributed by atoms with van der Waals surface area (Å²) in [6.07, 6.45) is 1.47. The number of nitrogens with zero attached hydrogens (tertiary/aromatic N) is 2. The zero-order chi connectivity index (χ0) is 24.6. The third kappa shape index (κ3) is 6.76. The number of aryl methyl sites for hydroxylation is 3. The first-order chi connectivity index (χ1) is 17.0. The molecule has 1 aromatic heterocycles. The molecular formula is C28H30ClN3O3. The van der Waals surface area contributed by atoms with Crippen molar-refractivity contribution < 1.29 is 14.3 Å². The Balaban J connectivity index is 1.30. The lowest BCUT2D eigenvalue weighted by Gasteiger charge is -2.12. The normalized spacial score (nSPS) is 10.9. The van der Waals surface area contributed by atoms with Crippen LogP contribution in [-0.4, -0.2) is 35.2 Å². The predicted molar refractivity (Wildman–Crippen MR) is 139 cm³/mol. The second-order valence-electron chi connectivity index (χ2n) is 8.48. The van der Waals surface area contributed by atoms with Gasteiger partial charge < -0.3 is 19.4 Å². The molecular weight excluding hydrogens is 462 g/mol. The van der Waals surface area contributed by atoms with Crippen LogP contribution in [0.1, 0.15) is 23.4 Å². The van der Waals surface area contributed by atoms with Gasteiger partial charge in [-0.05, 0) is 68.3 Å². The summed E-state index contributed by atoms with van der Waals surface area (Å²) in [5.41, 5.74) is 4.42. The Kier molecular flexibility index (Phi) is 8.27. The Morgan fingerprint density at radius 2 is 1.83 bits per heavy atom. The van der Waals surface area contributed by atoms with E-state index < -0.39 is 0 Å². The van der Waals surface area contributed by atoms with Gasteiger partial charge in [-0.2, -0.15) is 0 Å².